The molecule has 0 aliphatic rings. The fraction of sp³-hybridized carbons (Fsp3) is 0.250. The van der Waals surface area contributed by atoms with Crippen molar-refractivity contribution in [1.29, 1.82) is 0 Å². The zero-order valence-electron chi connectivity index (χ0n) is 15.2. The number of hydrogen-bond donors (Lipinski definition) is 0. The van der Waals surface area contributed by atoms with Crippen LogP contribution in [0, 0.1) is 28.3 Å². The monoisotopic (exact) mass is 367 g/mol. The summed E-state index contributed by atoms with van der Waals surface area (Å²) < 4.78 is 21.2. The number of terminal acetylenes is 1. The van der Waals surface area contributed by atoms with Crippen LogP contribution >= 0.6 is 0 Å². The van der Waals surface area contributed by atoms with Crippen molar-refractivity contribution in [2.75, 3.05) is 0 Å². The molecule has 27 heavy (non-hydrogen) atoms. The Morgan fingerprint density at radius 3 is 2.74 bits per heavy atom. The van der Waals surface area contributed by atoms with Crippen LogP contribution in [0.5, 0.6) is 5.75 Å². The third-order valence-corrected chi connectivity index (χ3v) is 4.29. The van der Waals surface area contributed by atoms with Crippen molar-refractivity contribution in [3.63, 3.8) is 0 Å². The predicted octanol–water partition coefficient (Wildman–Crippen LogP) is 4.30. The van der Waals surface area contributed by atoms with Crippen LogP contribution in [-0.4, -0.2) is 14.5 Å². The molecule has 3 rings (SSSR count). The van der Waals surface area contributed by atoms with Crippen LogP contribution in [0.15, 0.2) is 30.5 Å². The second-order valence-corrected chi connectivity index (χ2v) is 6.52. The van der Waals surface area contributed by atoms with Gasteiger partial charge in [0.2, 0.25) is 0 Å². The second kappa shape index (κ2) is 7.08. The van der Waals surface area contributed by atoms with Gasteiger partial charge in [0.15, 0.2) is 5.69 Å². The Labute approximate surface area is 155 Å². The largest absolute Gasteiger partial charge is 0.486 e. The molecule has 0 radical (unpaired) electrons. The van der Waals surface area contributed by atoms with Crippen molar-refractivity contribution in [2.24, 2.45) is 7.05 Å². The Morgan fingerprint density at radius 1 is 1.41 bits per heavy atom. The van der Waals surface area contributed by atoms with E-state index >= 15 is 0 Å². The van der Waals surface area contributed by atoms with Gasteiger partial charge >= 0.3 is 5.95 Å². The molecule has 0 saturated carbocycles. The van der Waals surface area contributed by atoms with Gasteiger partial charge in [-0.3, -0.25) is 0 Å². The number of rotatable bonds is 5. The molecule has 0 aliphatic heterocycles. The summed E-state index contributed by atoms with van der Waals surface area (Å²) >= 11 is 0. The van der Waals surface area contributed by atoms with Crippen molar-refractivity contribution in [2.45, 2.75) is 26.4 Å². The summed E-state index contributed by atoms with van der Waals surface area (Å²) in [5, 5.41) is 12.4. The van der Waals surface area contributed by atoms with Crippen LogP contribution in [0.4, 0.5) is 10.3 Å². The van der Waals surface area contributed by atoms with Gasteiger partial charge in [-0.25, -0.2) is 8.96 Å². The van der Waals surface area contributed by atoms with Gasteiger partial charge in [0.05, 0.1) is 12.6 Å². The Hall–Kier alpha value is -3.40. The van der Waals surface area contributed by atoms with E-state index in [4.69, 9.17) is 11.2 Å². The van der Waals surface area contributed by atoms with Crippen LogP contribution in [0.25, 0.3) is 10.8 Å². The summed E-state index contributed by atoms with van der Waals surface area (Å²) in [4.78, 5) is 14.3. The summed E-state index contributed by atoms with van der Waals surface area (Å²) in [6, 6.07) is 6.60. The average Bonchev–Trinajstić information content (AvgIpc) is 3.00. The fourth-order valence-corrected chi connectivity index (χ4v) is 3.04. The third kappa shape index (κ3) is 3.47. The number of nitro groups is 1. The molecular weight excluding hydrogens is 349 g/mol. The molecule has 0 aliphatic carbocycles. The first-order valence-electron chi connectivity index (χ1n) is 8.34. The number of fused-ring (bicyclic) bond motifs is 1. The molecule has 0 amide bonds. The molecule has 0 N–H and O–H groups in total. The lowest BCUT2D eigenvalue weighted by molar-refractivity contribution is -0.396. The van der Waals surface area contributed by atoms with Gasteiger partial charge in [0.25, 0.3) is 0 Å². The van der Waals surface area contributed by atoms with Crippen LogP contribution < -0.4 is 4.74 Å². The molecule has 0 bridgehead atoms. The first kappa shape index (κ1) is 18.4. The van der Waals surface area contributed by atoms with E-state index in [1.807, 2.05) is 19.9 Å². The molecule has 0 fully saturated rings. The summed E-state index contributed by atoms with van der Waals surface area (Å²) in [6.45, 7) is 4.06. The van der Waals surface area contributed by atoms with Crippen molar-refractivity contribution in [1.82, 2.24) is 9.55 Å². The number of halogens is 1. The summed E-state index contributed by atoms with van der Waals surface area (Å²) in [5.74, 6) is 2.42. The van der Waals surface area contributed by atoms with Gasteiger partial charge in [-0.05, 0) is 40.0 Å². The highest BCUT2D eigenvalue weighted by Gasteiger charge is 2.18. The van der Waals surface area contributed by atoms with E-state index in [1.54, 1.807) is 25.4 Å². The highest BCUT2D eigenvalue weighted by Crippen LogP contribution is 2.34. The lowest BCUT2D eigenvalue weighted by Gasteiger charge is -2.15. The van der Waals surface area contributed by atoms with Crippen LogP contribution in [0.2, 0.25) is 0 Å². The summed E-state index contributed by atoms with van der Waals surface area (Å²) in [6.07, 6.45) is 7.06. The zero-order chi connectivity index (χ0) is 19.7. The number of benzene rings is 2. The van der Waals surface area contributed by atoms with E-state index in [0.29, 0.717) is 16.8 Å². The SMILES string of the molecule is C#Cc1c(F)ccc2cc(OCc3cn(C)c([N+](=O)[O-])n3)cc(C(C)C)c12. The first-order chi connectivity index (χ1) is 12.8. The molecule has 1 aromatic heterocycles. The van der Waals surface area contributed by atoms with Gasteiger partial charge < -0.3 is 14.9 Å². The van der Waals surface area contributed by atoms with Crippen LogP contribution in [0.1, 0.15) is 36.6 Å². The lowest BCUT2D eigenvalue weighted by atomic mass is 9.92. The minimum absolute atomic E-state index is 0.0773. The topological polar surface area (TPSA) is 70.2 Å². The van der Waals surface area contributed by atoms with Crippen molar-refractivity contribution >= 4 is 16.7 Å². The van der Waals surface area contributed by atoms with E-state index in [0.717, 1.165) is 10.9 Å². The van der Waals surface area contributed by atoms with Crippen molar-refractivity contribution in [3.8, 4) is 18.1 Å². The molecule has 138 valence electrons. The highest BCUT2D eigenvalue weighted by atomic mass is 19.1. The Bertz CT molecular complexity index is 1080. The predicted molar refractivity (Wildman–Crippen MR) is 100 cm³/mol. The molecule has 1 heterocycles. The maximum atomic E-state index is 14.1. The van der Waals surface area contributed by atoms with E-state index in [-0.39, 0.29) is 24.0 Å². The normalized spacial score (nSPS) is 11.0. The number of imidazole rings is 1. The van der Waals surface area contributed by atoms with Gasteiger partial charge in [-0.2, -0.15) is 0 Å². The first-order valence-corrected chi connectivity index (χ1v) is 8.34. The molecule has 0 spiro atoms. The smallest absolute Gasteiger partial charge is 0.434 e. The minimum Gasteiger partial charge on any atom is -0.486 e. The molecular formula is C20H18FN3O3. The second-order valence-electron chi connectivity index (χ2n) is 6.52. The van der Waals surface area contributed by atoms with Gasteiger partial charge in [0.1, 0.15) is 24.4 Å². The van der Waals surface area contributed by atoms with Crippen LogP contribution in [0.3, 0.4) is 0 Å². The number of aromatic nitrogens is 2. The van der Waals surface area contributed by atoms with E-state index < -0.39 is 10.7 Å². The minimum atomic E-state index is -0.549. The number of nitrogens with zero attached hydrogens (tertiary/aromatic N) is 3. The van der Waals surface area contributed by atoms with Gasteiger partial charge in [-0.15, -0.1) is 6.42 Å². The van der Waals surface area contributed by atoms with Gasteiger partial charge in [-0.1, -0.05) is 30.8 Å². The van der Waals surface area contributed by atoms with Crippen LogP contribution in [-0.2, 0) is 13.7 Å². The number of ether oxygens (including phenoxy) is 1. The van der Waals surface area contributed by atoms with E-state index in [2.05, 4.69) is 10.9 Å². The zero-order valence-corrected chi connectivity index (χ0v) is 15.2. The summed E-state index contributed by atoms with van der Waals surface area (Å²) in [5.41, 5.74) is 1.56. The molecule has 0 atom stereocenters. The Morgan fingerprint density at radius 2 is 2.15 bits per heavy atom. The molecule has 6 nitrogen and oxygen atoms in total. The maximum Gasteiger partial charge on any atom is 0.434 e. The highest BCUT2D eigenvalue weighted by molar-refractivity contribution is 5.93. The standard InChI is InChI=1S/C20H18FN3O3/c1-5-16-18(21)7-6-13-8-15(9-17(12(2)3)19(13)16)27-11-14-10-23(4)20(22-14)24(25)26/h1,6-10,12H,11H2,2-4H3. The Balaban J connectivity index is 1.99. The van der Waals surface area contributed by atoms with Crippen molar-refractivity contribution < 1.29 is 14.1 Å². The van der Waals surface area contributed by atoms with E-state index in [9.17, 15) is 14.5 Å². The maximum absolute atomic E-state index is 14.1. The molecule has 0 unspecified atom stereocenters. The number of aryl methyl sites for hydroxylation is 1. The molecule has 3 aromatic rings. The fourth-order valence-electron chi connectivity index (χ4n) is 3.04. The molecule has 7 heteroatoms. The third-order valence-electron chi connectivity index (χ3n) is 4.29. The molecule has 2 aromatic carbocycles. The Kier molecular flexibility index (Phi) is 4.82. The van der Waals surface area contributed by atoms with Gasteiger partial charge in [0, 0.05) is 5.39 Å². The number of hydrogen-bond acceptors (Lipinski definition) is 4. The lowest BCUT2D eigenvalue weighted by Crippen LogP contribution is -2.00. The quantitative estimate of drug-likeness (QED) is 0.383. The summed E-state index contributed by atoms with van der Waals surface area (Å²) in [7, 11) is 1.55. The van der Waals surface area contributed by atoms with E-state index in [1.165, 1.54) is 10.6 Å². The molecule has 0 saturated heterocycles. The van der Waals surface area contributed by atoms with Crippen molar-refractivity contribution in [3.05, 3.63) is 63.2 Å². The average molecular weight is 367 g/mol.